The minimum Gasteiger partial charge on any atom is -0.462 e. The number of rotatable bonds is 9. The molecule has 0 aliphatic carbocycles. The number of nitrogens with two attached hydrogens (primary N) is 1. The molecule has 0 fully saturated rings. The Labute approximate surface area is 217 Å². The molecule has 2 aromatic carbocycles. The maximum absolute atomic E-state index is 11.4. The van der Waals surface area contributed by atoms with Gasteiger partial charge in [-0.15, -0.1) is 5.10 Å². The highest BCUT2D eigenvalue weighted by atomic mass is 35.5. The predicted molar refractivity (Wildman–Crippen MR) is 141 cm³/mol. The number of pyridine rings is 2. The molecule has 0 saturated carbocycles. The summed E-state index contributed by atoms with van der Waals surface area (Å²) in [5, 5.41) is 10.1. The summed E-state index contributed by atoms with van der Waals surface area (Å²) in [7, 11) is 0. The molecule has 0 bridgehead atoms. The van der Waals surface area contributed by atoms with E-state index in [0.717, 1.165) is 27.7 Å². The first kappa shape index (κ1) is 24.6. The Kier molecular flexibility index (Phi) is 7.22. The first-order valence-corrected chi connectivity index (χ1v) is 12.0. The van der Waals surface area contributed by atoms with Gasteiger partial charge in [-0.3, -0.25) is 20.1 Å². The summed E-state index contributed by atoms with van der Waals surface area (Å²) in [5.74, 6) is -0.485. The molecule has 1 atom stereocenters. The van der Waals surface area contributed by atoms with Crippen molar-refractivity contribution in [1.29, 1.82) is 0 Å². The fourth-order valence-corrected chi connectivity index (χ4v) is 3.94. The SMILES string of the molecule is CC(N)C(=O)OCCONc1ccc(-c2ccc3nnn(Cc4ccc5ncccc5c4)c3n2)cc1Cl. The molecule has 5 rings (SSSR count). The minimum atomic E-state index is -0.673. The first-order valence-electron chi connectivity index (χ1n) is 11.6. The molecule has 0 saturated heterocycles. The Bertz CT molecular complexity index is 1570. The van der Waals surface area contributed by atoms with Gasteiger partial charge in [0, 0.05) is 17.1 Å². The van der Waals surface area contributed by atoms with Crippen LogP contribution in [-0.2, 0) is 20.9 Å². The second-order valence-electron chi connectivity index (χ2n) is 8.42. The van der Waals surface area contributed by atoms with Gasteiger partial charge in [0.25, 0.3) is 0 Å². The van der Waals surface area contributed by atoms with Crippen LogP contribution in [0.25, 0.3) is 33.3 Å². The van der Waals surface area contributed by atoms with E-state index in [0.29, 0.717) is 28.4 Å². The van der Waals surface area contributed by atoms with Crippen molar-refractivity contribution in [3.05, 3.63) is 77.4 Å². The van der Waals surface area contributed by atoms with E-state index in [2.05, 4.69) is 26.8 Å². The van der Waals surface area contributed by atoms with E-state index in [9.17, 15) is 4.79 Å². The molecule has 0 aliphatic rings. The lowest BCUT2D eigenvalue weighted by atomic mass is 10.1. The van der Waals surface area contributed by atoms with Crippen molar-refractivity contribution in [2.45, 2.75) is 19.5 Å². The third-order valence-electron chi connectivity index (χ3n) is 5.61. The van der Waals surface area contributed by atoms with Crippen LogP contribution < -0.4 is 11.2 Å². The number of ether oxygens (including phenoxy) is 1. The van der Waals surface area contributed by atoms with Crippen LogP contribution in [0.5, 0.6) is 0 Å². The van der Waals surface area contributed by atoms with Crippen molar-refractivity contribution in [3.63, 3.8) is 0 Å². The van der Waals surface area contributed by atoms with E-state index in [4.69, 9.17) is 31.9 Å². The predicted octanol–water partition coefficient (Wildman–Crippen LogP) is 3.98. The Morgan fingerprint density at radius 2 is 1.97 bits per heavy atom. The molecular weight excluding hydrogens is 494 g/mol. The maximum atomic E-state index is 11.4. The molecule has 0 amide bonds. The van der Waals surface area contributed by atoms with Gasteiger partial charge in [0.1, 0.15) is 24.8 Å². The standard InChI is InChI=1S/C26H24ClN7O3/c1-16(28)26(35)36-11-12-37-32-23-7-5-19(14-20(23)27)22-8-9-24-25(30-22)34(33-31-24)15-17-4-6-21-18(13-17)3-2-10-29-21/h2-10,13-14,16,32H,11-12,15,28H2,1H3. The number of nitrogens with zero attached hydrogens (tertiary/aromatic N) is 5. The molecule has 11 heteroatoms. The zero-order valence-corrected chi connectivity index (χ0v) is 20.7. The van der Waals surface area contributed by atoms with Crippen LogP contribution in [0.3, 0.4) is 0 Å². The zero-order chi connectivity index (χ0) is 25.8. The Hall–Kier alpha value is -4.12. The fraction of sp³-hybridized carbons (Fsp3) is 0.192. The monoisotopic (exact) mass is 517 g/mol. The lowest BCUT2D eigenvalue weighted by molar-refractivity contribution is -0.146. The molecule has 1 unspecified atom stereocenters. The molecule has 5 aromatic rings. The van der Waals surface area contributed by atoms with Gasteiger partial charge in [0.05, 0.1) is 28.5 Å². The van der Waals surface area contributed by atoms with Gasteiger partial charge >= 0.3 is 5.97 Å². The van der Waals surface area contributed by atoms with Gasteiger partial charge in [0.15, 0.2) is 5.65 Å². The number of hydrogen-bond acceptors (Lipinski definition) is 9. The average molecular weight is 518 g/mol. The largest absolute Gasteiger partial charge is 0.462 e. The molecular formula is C26H24ClN7O3. The summed E-state index contributed by atoms with van der Waals surface area (Å²) in [5.41, 5.74) is 13.7. The molecule has 3 N–H and O–H groups in total. The zero-order valence-electron chi connectivity index (χ0n) is 20.0. The van der Waals surface area contributed by atoms with Gasteiger partial charge in [-0.25, -0.2) is 9.67 Å². The number of nitrogens with one attached hydrogen (secondary N) is 1. The van der Waals surface area contributed by atoms with E-state index >= 15 is 0 Å². The summed E-state index contributed by atoms with van der Waals surface area (Å²) in [4.78, 5) is 25.9. The van der Waals surface area contributed by atoms with Crippen LogP contribution in [0.4, 0.5) is 5.69 Å². The molecule has 0 aliphatic heterocycles. The number of carbonyl (C=O) groups excluding carboxylic acids is 1. The van der Waals surface area contributed by atoms with Crippen LogP contribution in [0.15, 0.2) is 66.9 Å². The Morgan fingerprint density at radius 3 is 2.81 bits per heavy atom. The van der Waals surface area contributed by atoms with Crippen molar-refractivity contribution in [2.75, 3.05) is 18.7 Å². The number of hydrogen-bond donors (Lipinski definition) is 2. The summed E-state index contributed by atoms with van der Waals surface area (Å²) in [6.07, 6.45) is 1.78. The normalized spacial score (nSPS) is 12.1. The number of carbonyl (C=O) groups is 1. The molecule has 0 radical (unpaired) electrons. The third-order valence-corrected chi connectivity index (χ3v) is 5.92. The van der Waals surface area contributed by atoms with Gasteiger partial charge in [-0.1, -0.05) is 35.0 Å². The van der Waals surface area contributed by atoms with E-state index < -0.39 is 12.0 Å². The van der Waals surface area contributed by atoms with Crippen molar-refractivity contribution in [3.8, 4) is 11.3 Å². The van der Waals surface area contributed by atoms with Crippen LogP contribution in [-0.4, -0.2) is 50.2 Å². The number of anilines is 1. The number of fused-ring (bicyclic) bond motifs is 2. The van der Waals surface area contributed by atoms with Crippen molar-refractivity contribution < 1.29 is 14.4 Å². The van der Waals surface area contributed by atoms with E-state index in [-0.39, 0.29) is 13.2 Å². The Morgan fingerprint density at radius 1 is 1.11 bits per heavy atom. The highest BCUT2D eigenvalue weighted by Crippen LogP contribution is 2.29. The third kappa shape index (κ3) is 5.67. The van der Waals surface area contributed by atoms with Crippen LogP contribution in [0, 0.1) is 0 Å². The molecule has 3 aromatic heterocycles. The van der Waals surface area contributed by atoms with Gasteiger partial charge in [-0.05, 0) is 55.0 Å². The summed E-state index contributed by atoms with van der Waals surface area (Å²) in [6.45, 7) is 2.30. The molecule has 188 valence electrons. The number of esters is 1. The second-order valence-corrected chi connectivity index (χ2v) is 8.83. The molecule has 10 nitrogen and oxygen atoms in total. The summed E-state index contributed by atoms with van der Waals surface area (Å²) < 4.78 is 6.74. The van der Waals surface area contributed by atoms with Crippen LogP contribution in [0.1, 0.15) is 12.5 Å². The highest BCUT2D eigenvalue weighted by Gasteiger charge is 2.12. The minimum absolute atomic E-state index is 0.0742. The van der Waals surface area contributed by atoms with Gasteiger partial charge in [0.2, 0.25) is 0 Å². The molecule has 37 heavy (non-hydrogen) atoms. The van der Waals surface area contributed by atoms with Crippen LogP contribution in [0.2, 0.25) is 5.02 Å². The summed E-state index contributed by atoms with van der Waals surface area (Å²) >= 11 is 6.46. The first-order chi connectivity index (χ1) is 18.0. The maximum Gasteiger partial charge on any atom is 0.322 e. The number of benzene rings is 2. The summed E-state index contributed by atoms with van der Waals surface area (Å²) in [6, 6.07) is 18.6. The smallest absolute Gasteiger partial charge is 0.322 e. The topological polar surface area (TPSA) is 130 Å². The van der Waals surface area contributed by atoms with Crippen molar-refractivity contribution in [2.24, 2.45) is 5.73 Å². The molecule has 0 spiro atoms. The van der Waals surface area contributed by atoms with E-state index in [1.807, 2.05) is 42.5 Å². The number of aromatic nitrogens is 5. The highest BCUT2D eigenvalue weighted by molar-refractivity contribution is 6.33. The van der Waals surface area contributed by atoms with Crippen molar-refractivity contribution in [1.82, 2.24) is 25.0 Å². The van der Waals surface area contributed by atoms with Gasteiger partial charge < -0.3 is 10.5 Å². The van der Waals surface area contributed by atoms with Crippen molar-refractivity contribution >= 4 is 45.3 Å². The lowest BCUT2D eigenvalue weighted by Crippen LogP contribution is -2.29. The van der Waals surface area contributed by atoms with Crippen LogP contribution >= 0.6 is 11.6 Å². The lowest BCUT2D eigenvalue weighted by Gasteiger charge is -2.11. The molecule has 3 heterocycles. The Balaban J connectivity index is 1.29. The quantitative estimate of drug-likeness (QED) is 0.169. The fourth-order valence-electron chi connectivity index (χ4n) is 3.72. The average Bonchev–Trinajstić information content (AvgIpc) is 3.30. The van der Waals surface area contributed by atoms with E-state index in [1.54, 1.807) is 29.9 Å². The van der Waals surface area contributed by atoms with E-state index in [1.165, 1.54) is 0 Å². The number of halogens is 1. The second kappa shape index (κ2) is 10.9. The van der Waals surface area contributed by atoms with Gasteiger partial charge in [-0.2, -0.15) is 0 Å².